The zero-order valence-corrected chi connectivity index (χ0v) is 10.3. The number of hydrogen-bond acceptors (Lipinski definition) is 0. The van der Waals surface area contributed by atoms with Crippen molar-refractivity contribution < 1.29 is 0 Å². The van der Waals surface area contributed by atoms with Gasteiger partial charge >= 0.3 is 0 Å². The molecule has 0 fully saturated rings. The van der Waals surface area contributed by atoms with Crippen molar-refractivity contribution in [2.24, 2.45) is 5.92 Å². The van der Waals surface area contributed by atoms with E-state index in [1.807, 2.05) is 0 Å². The highest BCUT2D eigenvalue weighted by atomic mass is 35.5. The molecule has 15 heavy (non-hydrogen) atoms. The van der Waals surface area contributed by atoms with Crippen LogP contribution in [0.15, 0.2) is 18.2 Å². The minimum absolute atomic E-state index is 0.268. The first-order valence-corrected chi connectivity index (χ1v) is 6.35. The SMILES string of the molecule is CC(C)C(Cl)Cc1ccc2c(c1)CCC2. The van der Waals surface area contributed by atoms with Crippen LogP contribution in [0.2, 0.25) is 0 Å². The molecule has 1 aliphatic rings. The molecule has 2 rings (SSSR count). The van der Waals surface area contributed by atoms with Crippen LogP contribution in [0.4, 0.5) is 0 Å². The number of rotatable bonds is 3. The van der Waals surface area contributed by atoms with Gasteiger partial charge in [0.15, 0.2) is 0 Å². The molecule has 82 valence electrons. The summed E-state index contributed by atoms with van der Waals surface area (Å²) >= 11 is 6.30. The number of aryl methyl sites for hydroxylation is 2. The van der Waals surface area contributed by atoms with Crippen LogP contribution in [0.1, 0.15) is 37.0 Å². The fourth-order valence-electron chi connectivity index (χ4n) is 2.21. The third kappa shape index (κ3) is 2.55. The highest BCUT2D eigenvalue weighted by Crippen LogP contribution is 2.24. The summed E-state index contributed by atoms with van der Waals surface area (Å²) < 4.78 is 0. The van der Waals surface area contributed by atoms with Crippen LogP contribution in [-0.4, -0.2) is 5.38 Å². The first kappa shape index (κ1) is 11.0. The van der Waals surface area contributed by atoms with Crippen molar-refractivity contribution in [3.63, 3.8) is 0 Å². The monoisotopic (exact) mass is 222 g/mol. The van der Waals surface area contributed by atoms with Crippen molar-refractivity contribution in [2.75, 3.05) is 0 Å². The summed E-state index contributed by atoms with van der Waals surface area (Å²) in [6, 6.07) is 6.91. The van der Waals surface area contributed by atoms with Crippen LogP contribution in [0.25, 0.3) is 0 Å². The molecule has 0 radical (unpaired) electrons. The Labute approximate surface area is 97.6 Å². The third-order valence-corrected chi connectivity index (χ3v) is 3.98. The Bertz CT molecular complexity index is 341. The number of fused-ring (bicyclic) bond motifs is 1. The van der Waals surface area contributed by atoms with E-state index in [0.717, 1.165) is 6.42 Å². The van der Waals surface area contributed by atoms with Gasteiger partial charge in [-0.2, -0.15) is 0 Å². The summed E-state index contributed by atoms with van der Waals surface area (Å²) in [7, 11) is 0. The molecule has 1 aromatic carbocycles. The van der Waals surface area contributed by atoms with E-state index in [1.165, 1.54) is 24.8 Å². The largest absolute Gasteiger partial charge is 0.122 e. The predicted molar refractivity (Wildman–Crippen MR) is 66.7 cm³/mol. The Hall–Kier alpha value is -0.490. The average molecular weight is 223 g/mol. The Morgan fingerprint density at radius 3 is 2.67 bits per heavy atom. The summed E-state index contributed by atoms with van der Waals surface area (Å²) in [5, 5.41) is 0.268. The van der Waals surface area contributed by atoms with Gasteiger partial charge in [-0.05, 0) is 48.3 Å². The summed E-state index contributed by atoms with van der Waals surface area (Å²) in [6.07, 6.45) is 4.86. The maximum Gasteiger partial charge on any atom is 0.0399 e. The molecule has 0 saturated heterocycles. The topological polar surface area (TPSA) is 0 Å². The molecule has 0 spiro atoms. The Balaban J connectivity index is 2.10. The van der Waals surface area contributed by atoms with Crippen molar-refractivity contribution >= 4 is 11.6 Å². The Morgan fingerprint density at radius 1 is 1.20 bits per heavy atom. The zero-order chi connectivity index (χ0) is 10.8. The van der Waals surface area contributed by atoms with Gasteiger partial charge in [0.05, 0.1) is 0 Å². The van der Waals surface area contributed by atoms with Crippen LogP contribution in [-0.2, 0) is 19.3 Å². The lowest BCUT2D eigenvalue weighted by Crippen LogP contribution is -2.11. The fraction of sp³-hybridized carbons (Fsp3) is 0.571. The molecule has 1 unspecified atom stereocenters. The number of hydrogen-bond donors (Lipinski definition) is 0. The number of alkyl halides is 1. The van der Waals surface area contributed by atoms with Crippen molar-refractivity contribution in [1.82, 2.24) is 0 Å². The van der Waals surface area contributed by atoms with Gasteiger partial charge in [0, 0.05) is 5.38 Å². The van der Waals surface area contributed by atoms with Crippen molar-refractivity contribution in [1.29, 1.82) is 0 Å². The second-order valence-electron chi connectivity index (χ2n) is 4.92. The van der Waals surface area contributed by atoms with E-state index in [-0.39, 0.29) is 5.38 Å². The normalized spacial score (nSPS) is 16.8. The Morgan fingerprint density at radius 2 is 1.93 bits per heavy atom. The molecule has 0 N–H and O–H groups in total. The van der Waals surface area contributed by atoms with Crippen molar-refractivity contribution in [2.45, 2.75) is 44.9 Å². The molecular formula is C14H19Cl. The fourth-order valence-corrected chi connectivity index (χ4v) is 2.39. The lowest BCUT2D eigenvalue weighted by molar-refractivity contribution is 0.596. The quantitative estimate of drug-likeness (QED) is 0.679. The highest BCUT2D eigenvalue weighted by Gasteiger charge is 2.14. The smallest absolute Gasteiger partial charge is 0.0399 e. The highest BCUT2D eigenvalue weighted by molar-refractivity contribution is 6.20. The van der Waals surface area contributed by atoms with Gasteiger partial charge in [0.2, 0.25) is 0 Å². The van der Waals surface area contributed by atoms with Gasteiger partial charge in [-0.25, -0.2) is 0 Å². The third-order valence-electron chi connectivity index (χ3n) is 3.32. The maximum absolute atomic E-state index is 6.30. The molecule has 0 aromatic heterocycles. The van der Waals surface area contributed by atoms with E-state index in [2.05, 4.69) is 32.0 Å². The molecule has 1 atom stereocenters. The summed E-state index contributed by atoms with van der Waals surface area (Å²) in [5.74, 6) is 0.555. The second-order valence-corrected chi connectivity index (χ2v) is 5.48. The average Bonchev–Trinajstić information content (AvgIpc) is 2.64. The van der Waals surface area contributed by atoms with E-state index < -0.39 is 0 Å². The van der Waals surface area contributed by atoms with Crippen LogP contribution in [0.3, 0.4) is 0 Å². The second kappa shape index (κ2) is 4.57. The lowest BCUT2D eigenvalue weighted by Gasteiger charge is -2.13. The summed E-state index contributed by atoms with van der Waals surface area (Å²) in [4.78, 5) is 0. The molecule has 0 bridgehead atoms. The van der Waals surface area contributed by atoms with Crippen LogP contribution in [0.5, 0.6) is 0 Å². The molecule has 0 heterocycles. The lowest BCUT2D eigenvalue weighted by atomic mass is 9.99. The van der Waals surface area contributed by atoms with Gasteiger partial charge in [0.25, 0.3) is 0 Å². The van der Waals surface area contributed by atoms with Crippen LogP contribution in [0, 0.1) is 5.92 Å². The van der Waals surface area contributed by atoms with Crippen molar-refractivity contribution in [3.8, 4) is 0 Å². The van der Waals surface area contributed by atoms with Crippen molar-refractivity contribution in [3.05, 3.63) is 34.9 Å². The van der Waals surface area contributed by atoms with E-state index in [9.17, 15) is 0 Å². The van der Waals surface area contributed by atoms with Gasteiger partial charge in [0.1, 0.15) is 0 Å². The zero-order valence-electron chi connectivity index (χ0n) is 9.59. The molecular weight excluding hydrogens is 204 g/mol. The molecule has 1 aromatic rings. The molecule has 0 aliphatic heterocycles. The predicted octanol–water partition coefficient (Wildman–Crippen LogP) is 3.98. The van der Waals surface area contributed by atoms with Gasteiger partial charge < -0.3 is 0 Å². The molecule has 1 aliphatic carbocycles. The molecule has 1 heteroatoms. The van der Waals surface area contributed by atoms with Crippen LogP contribution >= 0.6 is 11.6 Å². The van der Waals surface area contributed by atoms with Gasteiger partial charge in [-0.15, -0.1) is 11.6 Å². The van der Waals surface area contributed by atoms with E-state index in [1.54, 1.807) is 11.1 Å². The standard InChI is InChI=1S/C14H19Cl/c1-10(2)14(15)9-11-6-7-12-4-3-5-13(12)8-11/h6-8,10,14H,3-5,9H2,1-2H3. The van der Waals surface area contributed by atoms with E-state index >= 15 is 0 Å². The number of halogens is 1. The van der Waals surface area contributed by atoms with Gasteiger partial charge in [-0.1, -0.05) is 32.0 Å². The van der Waals surface area contributed by atoms with Crippen LogP contribution < -0.4 is 0 Å². The summed E-state index contributed by atoms with van der Waals surface area (Å²) in [6.45, 7) is 4.37. The minimum Gasteiger partial charge on any atom is -0.122 e. The first-order valence-electron chi connectivity index (χ1n) is 5.91. The maximum atomic E-state index is 6.30. The van der Waals surface area contributed by atoms with E-state index in [0.29, 0.717) is 5.92 Å². The molecule has 0 nitrogen and oxygen atoms in total. The summed E-state index contributed by atoms with van der Waals surface area (Å²) in [5.41, 5.74) is 4.51. The minimum atomic E-state index is 0.268. The number of benzene rings is 1. The first-order chi connectivity index (χ1) is 7.16. The van der Waals surface area contributed by atoms with Gasteiger partial charge in [-0.3, -0.25) is 0 Å². The molecule has 0 saturated carbocycles. The Kier molecular flexibility index (Phi) is 3.35. The van der Waals surface area contributed by atoms with E-state index in [4.69, 9.17) is 11.6 Å². The molecule has 0 amide bonds.